The highest BCUT2D eigenvalue weighted by Crippen LogP contribution is 2.19. The van der Waals surface area contributed by atoms with E-state index in [0.717, 1.165) is 18.8 Å². The van der Waals surface area contributed by atoms with E-state index in [-0.39, 0.29) is 41.2 Å². The number of hydrogen-bond acceptors (Lipinski definition) is 4. The van der Waals surface area contributed by atoms with Crippen molar-refractivity contribution in [1.29, 1.82) is 0 Å². The van der Waals surface area contributed by atoms with Crippen LogP contribution in [0.25, 0.3) is 0 Å². The van der Waals surface area contributed by atoms with Gasteiger partial charge >= 0.3 is 0 Å². The van der Waals surface area contributed by atoms with E-state index in [9.17, 15) is 4.79 Å². The molecule has 0 unspecified atom stereocenters. The van der Waals surface area contributed by atoms with E-state index in [4.69, 9.17) is 4.42 Å². The molecule has 1 amide bonds. The summed E-state index contributed by atoms with van der Waals surface area (Å²) in [5, 5.41) is 9.16. The fourth-order valence-corrected chi connectivity index (χ4v) is 1.73. The minimum absolute atomic E-state index is 0. The predicted octanol–water partition coefficient (Wildman–Crippen LogP) is 2.21. The zero-order chi connectivity index (χ0) is 16.4. The van der Waals surface area contributed by atoms with Crippen LogP contribution in [0.4, 0.5) is 0 Å². The summed E-state index contributed by atoms with van der Waals surface area (Å²) >= 11 is 1.78. The van der Waals surface area contributed by atoms with Crippen molar-refractivity contribution in [3.8, 4) is 0 Å². The van der Waals surface area contributed by atoms with Crippen molar-refractivity contribution < 1.29 is 9.21 Å². The lowest BCUT2D eigenvalue weighted by Gasteiger charge is -2.23. The van der Waals surface area contributed by atoms with Gasteiger partial charge in [-0.25, -0.2) is 4.99 Å². The average molecular weight is 454 g/mol. The zero-order valence-corrected chi connectivity index (χ0v) is 17.3. The number of guanidine groups is 1. The Morgan fingerprint density at radius 1 is 1.35 bits per heavy atom. The van der Waals surface area contributed by atoms with Gasteiger partial charge in [0.2, 0.25) is 5.91 Å². The summed E-state index contributed by atoms with van der Waals surface area (Å²) in [4.78, 5) is 16.1. The molecule has 0 aliphatic rings. The largest absolute Gasteiger partial charge is 0.467 e. The molecule has 0 radical (unpaired) electrons. The summed E-state index contributed by atoms with van der Waals surface area (Å²) in [5.41, 5.74) is 0. The van der Waals surface area contributed by atoms with Crippen LogP contribution in [0.15, 0.2) is 27.8 Å². The Kier molecular flexibility index (Phi) is 11.2. The monoisotopic (exact) mass is 454 g/mol. The molecule has 23 heavy (non-hydrogen) atoms. The normalized spacial score (nSPS) is 11.6. The van der Waals surface area contributed by atoms with Gasteiger partial charge in [0, 0.05) is 17.8 Å². The molecule has 0 aliphatic carbocycles. The molecule has 0 bridgehead atoms. The molecule has 1 aromatic heterocycles. The van der Waals surface area contributed by atoms with Gasteiger partial charge in [-0.2, -0.15) is 11.8 Å². The highest BCUT2D eigenvalue weighted by Gasteiger charge is 2.16. The van der Waals surface area contributed by atoms with Gasteiger partial charge in [0.1, 0.15) is 12.3 Å². The Bertz CT molecular complexity index is 478. The second-order valence-electron chi connectivity index (χ2n) is 5.37. The van der Waals surface area contributed by atoms with Crippen molar-refractivity contribution >= 4 is 47.6 Å². The lowest BCUT2D eigenvalue weighted by atomic mass is 10.2. The van der Waals surface area contributed by atoms with Gasteiger partial charge in [-0.3, -0.25) is 4.79 Å². The molecule has 1 rings (SSSR count). The second-order valence-corrected chi connectivity index (χ2v) is 6.88. The van der Waals surface area contributed by atoms with Crippen molar-refractivity contribution in [3.63, 3.8) is 0 Å². The van der Waals surface area contributed by atoms with Gasteiger partial charge in [-0.05, 0) is 39.2 Å². The van der Waals surface area contributed by atoms with Crippen LogP contribution in [-0.4, -0.2) is 42.5 Å². The third-order valence-corrected chi connectivity index (χ3v) is 4.25. The third-order valence-electron chi connectivity index (χ3n) is 3.00. The van der Waals surface area contributed by atoms with E-state index < -0.39 is 0 Å². The molecule has 8 heteroatoms. The van der Waals surface area contributed by atoms with Gasteiger partial charge in [0.05, 0.1) is 12.8 Å². The highest BCUT2D eigenvalue weighted by molar-refractivity contribution is 14.0. The van der Waals surface area contributed by atoms with Crippen LogP contribution in [0, 0.1) is 0 Å². The minimum Gasteiger partial charge on any atom is -0.467 e. The summed E-state index contributed by atoms with van der Waals surface area (Å²) in [6.45, 7) is 8.29. The Balaban J connectivity index is 0.00000484. The van der Waals surface area contributed by atoms with Crippen LogP contribution in [0.3, 0.4) is 0 Å². The van der Waals surface area contributed by atoms with Gasteiger partial charge < -0.3 is 20.4 Å². The number of rotatable bonds is 8. The number of amides is 1. The SMILES string of the molecule is CCNC(=NCC(=O)NCc1ccco1)NCC(C)(C)SC.I. The maximum absolute atomic E-state index is 11.8. The molecular weight excluding hydrogens is 427 g/mol. The first kappa shape index (κ1) is 22.1. The lowest BCUT2D eigenvalue weighted by Crippen LogP contribution is -2.43. The summed E-state index contributed by atoms with van der Waals surface area (Å²) in [5.74, 6) is 1.24. The second kappa shape index (κ2) is 11.6. The van der Waals surface area contributed by atoms with Crippen molar-refractivity contribution in [2.75, 3.05) is 25.9 Å². The predicted molar refractivity (Wildman–Crippen MR) is 108 cm³/mol. The molecule has 0 fully saturated rings. The summed E-state index contributed by atoms with van der Waals surface area (Å²) in [6, 6.07) is 3.61. The molecule has 3 N–H and O–H groups in total. The molecule has 132 valence electrons. The first-order chi connectivity index (χ1) is 10.5. The standard InChI is InChI=1S/C15H26N4O2S.HI/c1-5-16-14(19-11-15(2,3)22-4)18-10-13(20)17-9-12-7-6-8-21-12;/h6-8H,5,9-11H2,1-4H3,(H,17,20)(H2,16,18,19);1H. The number of carbonyl (C=O) groups excluding carboxylic acids is 1. The van der Waals surface area contributed by atoms with E-state index in [1.165, 1.54) is 0 Å². The van der Waals surface area contributed by atoms with Crippen LogP contribution in [-0.2, 0) is 11.3 Å². The van der Waals surface area contributed by atoms with Crippen LogP contribution in [0.5, 0.6) is 0 Å². The van der Waals surface area contributed by atoms with E-state index in [1.807, 2.05) is 13.0 Å². The molecule has 0 aliphatic heterocycles. The maximum atomic E-state index is 11.8. The fourth-order valence-electron chi connectivity index (χ4n) is 1.52. The van der Waals surface area contributed by atoms with Crippen LogP contribution < -0.4 is 16.0 Å². The number of nitrogens with one attached hydrogen (secondary N) is 3. The Labute approximate surface area is 159 Å². The molecule has 1 heterocycles. The fraction of sp³-hybridized carbons (Fsp3) is 0.600. The lowest BCUT2D eigenvalue weighted by molar-refractivity contribution is -0.119. The third kappa shape index (κ3) is 9.75. The number of carbonyl (C=O) groups is 1. The number of furan rings is 1. The molecule has 0 atom stereocenters. The van der Waals surface area contributed by atoms with Gasteiger partial charge in [-0.1, -0.05) is 0 Å². The Hall–Kier alpha value is -0.900. The molecule has 6 nitrogen and oxygen atoms in total. The molecule has 0 saturated carbocycles. The Morgan fingerprint density at radius 3 is 2.65 bits per heavy atom. The van der Waals surface area contributed by atoms with Crippen molar-refractivity contribution in [2.24, 2.45) is 4.99 Å². The molecule has 0 spiro atoms. The van der Waals surface area contributed by atoms with Crippen molar-refractivity contribution in [2.45, 2.75) is 32.1 Å². The van der Waals surface area contributed by atoms with Gasteiger partial charge in [0.15, 0.2) is 5.96 Å². The first-order valence-corrected chi connectivity index (χ1v) is 8.55. The van der Waals surface area contributed by atoms with Crippen molar-refractivity contribution in [1.82, 2.24) is 16.0 Å². The quantitative estimate of drug-likeness (QED) is 0.319. The first-order valence-electron chi connectivity index (χ1n) is 7.33. The Morgan fingerprint density at radius 2 is 2.09 bits per heavy atom. The van der Waals surface area contributed by atoms with Gasteiger partial charge in [-0.15, -0.1) is 24.0 Å². The van der Waals surface area contributed by atoms with Crippen LogP contribution >= 0.6 is 35.7 Å². The number of nitrogens with zero attached hydrogens (tertiary/aromatic N) is 1. The van der Waals surface area contributed by atoms with E-state index in [1.54, 1.807) is 24.1 Å². The average Bonchev–Trinajstić information content (AvgIpc) is 3.01. The van der Waals surface area contributed by atoms with Gasteiger partial charge in [0.25, 0.3) is 0 Å². The molecular formula is C15H27IN4O2S. The van der Waals surface area contributed by atoms with E-state index in [2.05, 4.69) is 41.0 Å². The van der Waals surface area contributed by atoms with Crippen molar-refractivity contribution in [3.05, 3.63) is 24.2 Å². The van der Waals surface area contributed by atoms with Crippen LogP contribution in [0.2, 0.25) is 0 Å². The summed E-state index contributed by atoms with van der Waals surface area (Å²) < 4.78 is 5.27. The number of thioether (sulfide) groups is 1. The number of halogens is 1. The molecule has 0 aromatic carbocycles. The minimum atomic E-state index is -0.141. The maximum Gasteiger partial charge on any atom is 0.242 e. The van der Waals surface area contributed by atoms with E-state index in [0.29, 0.717) is 12.5 Å². The summed E-state index contributed by atoms with van der Waals surface area (Å²) in [6.07, 6.45) is 3.66. The summed E-state index contributed by atoms with van der Waals surface area (Å²) in [7, 11) is 0. The topological polar surface area (TPSA) is 78.7 Å². The molecule has 0 saturated heterocycles. The van der Waals surface area contributed by atoms with E-state index >= 15 is 0 Å². The smallest absolute Gasteiger partial charge is 0.242 e. The highest BCUT2D eigenvalue weighted by atomic mass is 127. The number of hydrogen-bond donors (Lipinski definition) is 3. The zero-order valence-electron chi connectivity index (χ0n) is 14.1. The number of aliphatic imine (C=N–C) groups is 1. The van der Waals surface area contributed by atoms with Crippen LogP contribution in [0.1, 0.15) is 26.5 Å². The molecule has 1 aromatic rings.